The summed E-state index contributed by atoms with van der Waals surface area (Å²) in [5.41, 5.74) is 7.62. The van der Waals surface area contributed by atoms with Gasteiger partial charge in [0.2, 0.25) is 0 Å². The third-order valence-corrected chi connectivity index (χ3v) is 2.65. The second kappa shape index (κ2) is 4.13. The zero-order chi connectivity index (χ0) is 13.4. The van der Waals surface area contributed by atoms with Crippen molar-refractivity contribution in [2.75, 3.05) is 0 Å². The minimum Gasteiger partial charge on any atom is -0.382 e. The molecular weight excluding hydrogens is 242 g/mol. The molecule has 0 radical (unpaired) electrons. The average molecular weight is 253 g/mol. The third-order valence-electron chi connectivity index (χ3n) is 2.65. The van der Waals surface area contributed by atoms with Crippen molar-refractivity contribution in [2.24, 2.45) is 5.73 Å². The number of aromatic nitrogens is 5. The summed E-state index contributed by atoms with van der Waals surface area (Å²) in [6.07, 6.45) is 3.34. The molecule has 19 heavy (non-hydrogen) atoms. The molecule has 0 fully saturated rings. The lowest BCUT2D eigenvalue weighted by atomic mass is 10.3. The molecule has 0 saturated heterocycles. The van der Waals surface area contributed by atoms with Gasteiger partial charge in [-0.05, 0) is 25.1 Å². The Bertz CT molecular complexity index is 760. The first-order valence-corrected chi connectivity index (χ1v) is 5.64. The summed E-state index contributed by atoms with van der Waals surface area (Å²) >= 11 is 0. The van der Waals surface area contributed by atoms with Crippen LogP contribution < -0.4 is 5.73 Å². The molecular formula is C12H11N7. The van der Waals surface area contributed by atoms with E-state index in [4.69, 9.17) is 11.1 Å². The van der Waals surface area contributed by atoms with E-state index in [-0.39, 0.29) is 5.84 Å². The van der Waals surface area contributed by atoms with Crippen molar-refractivity contribution >= 4 is 11.6 Å². The Balaban J connectivity index is 2.26. The molecule has 0 atom stereocenters. The number of nitrogens with two attached hydrogens (primary N) is 1. The molecule has 7 heteroatoms. The van der Waals surface area contributed by atoms with E-state index in [1.54, 1.807) is 18.5 Å². The van der Waals surface area contributed by atoms with Gasteiger partial charge in [-0.15, -0.1) is 5.10 Å². The van der Waals surface area contributed by atoms with E-state index in [0.717, 1.165) is 11.3 Å². The summed E-state index contributed by atoms with van der Waals surface area (Å²) in [4.78, 5) is 12.6. The lowest BCUT2D eigenvalue weighted by Gasteiger charge is -2.01. The molecule has 3 rings (SSSR count). The van der Waals surface area contributed by atoms with E-state index in [2.05, 4.69) is 20.1 Å². The maximum absolute atomic E-state index is 7.58. The van der Waals surface area contributed by atoms with E-state index >= 15 is 0 Å². The molecule has 94 valence electrons. The lowest BCUT2D eigenvalue weighted by molar-refractivity contribution is 0.915. The third kappa shape index (κ3) is 1.90. The van der Waals surface area contributed by atoms with Crippen LogP contribution in [0.5, 0.6) is 0 Å². The van der Waals surface area contributed by atoms with Gasteiger partial charge in [-0.3, -0.25) is 10.4 Å². The quantitative estimate of drug-likeness (QED) is 0.518. The Kier molecular flexibility index (Phi) is 2.45. The summed E-state index contributed by atoms with van der Waals surface area (Å²) < 4.78 is 1.48. The maximum Gasteiger partial charge on any atom is 0.253 e. The van der Waals surface area contributed by atoms with Crippen molar-refractivity contribution in [2.45, 2.75) is 6.92 Å². The van der Waals surface area contributed by atoms with Crippen LogP contribution in [0, 0.1) is 12.3 Å². The molecule has 3 N–H and O–H groups in total. The molecule has 0 aliphatic heterocycles. The molecule has 7 nitrogen and oxygen atoms in total. The standard InChI is InChI=1S/C12H11N7/c1-7-6-9(10(13)14)19-12(16-7)17-11(18-19)8-2-4-15-5-3-8/h2-6H,1H3,(H3,13,14). The Labute approximate surface area is 108 Å². The zero-order valence-electron chi connectivity index (χ0n) is 10.2. The highest BCUT2D eigenvalue weighted by atomic mass is 15.3. The molecule has 3 aromatic rings. The normalized spacial score (nSPS) is 10.8. The largest absolute Gasteiger partial charge is 0.382 e. The number of hydrogen-bond acceptors (Lipinski definition) is 5. The number of aryl methyl sites for hydroxylation is 1. The van der Waals surface area contributed by atoms with Gasteiger partial charge < -0.3 is 5.73 Å². The number of hydrogen-bond donors (Lipinski definition) is 2. The highest BCUT2D eigenvalue weighted by Crippen LogP contribution is 2.15. The highest BCUT2D eigenvalue weighted by molar-refractivity contribution is 5.93. The van der Waals surface area contributed by atoms with Crippen molar-refractivity contribution in [1.82, 2.24) is 24.6 Å². The molecule has 3 aromatic heterocycles. The topological polar surface area (TPSA) is 106 Å². The van der Waals surface area contributed by atoms with Crippen LogP contribution in [0.25, 0.3) is 17.2 Å². The van der Waals surface area contributed by atoms with Crippen LogP contribution in [0.15, 0.2) is 30.6 Å². The Morgan fingerprint density at radius 1 is 1.26 bits per heavy atom. The van der Waals surface area contributed by atoms with Crippen molar-refractivity contribution in [1.29, 1.82) is 5.41 Å². The van der Waals surface area contributed by atoms with E-state index in [1.165, 1.54) is 4.52 Å². The Hall–Kier alpha value is -2.83. The number of nitrogen functional groups attached to an aromatic ring is 1. The summed E-state index contributed by atoms with van der Waals surface area (Å²) in [5, 5.41) is 11.9. The number of amidine groups is 1. The van der Waals surface area contributed by atoms with E-state index < -0.39 is 0 Å². The van der Waals surface area contributed by atoms with Crippen LogP contribution in [-0.2, 0) is 0 Å². The predicted molar refractivity (Wildman–Crippen MR) is 69.8 cm³/mol. The van der Waals surface area contributed by atoms with Crippen LogP contribution in [0.2, 0.25) is 0 Å². The second-order valence-corrected chi connectivity index (χ2v) is 4.08. The van der Waals surface area contributed by atoms with Gasteiger partial charge in [0.1, 0.15) is 11.5 Å². The smallest absolute Gasteiger partial charge is 0.253 e. The number of nitrogens with one attached hydrogen (secondary N) is 1. The van der Waals surface area contributed by atoms with Crippen LogP contribution in [0.3, 0.4) is 0 Å². The van der Waals surface area contributed by atoms with Gasteiger partial charge in [-0.25, -0.2) is 4.98 Å². The predicted octanol–water partition coefficient (Wildman–Crippen LogP) is 0.779. The van der Waals surface area contributed by atoms with Crippen molar-refractivity contribution in [3.63, 3.8) is 0 Å². The fraction of sp³-hybridized carbons (Fsp3) is 0.0833. The Morgan fingerprint density at radius 3 is 2.68 bits per heavy atom. The van der Waals surface area contributed by atoms with Gasteiger partial charge in [-0.1, -0.05) is 0 Å². The van der Waals surface area contributed by atoms with Crippen molar-refractivity contribution < 1.29 is 0 Å². The lowest BCUT2D eigenvalue weighted by Crippen LogP contribution is -2.17. The molecule has 0 unspecified atom stereocenters. The SMILES string of the molecule is Cc1cc(C(=N)N)n2nc(-c3ccncc3)nc2n1. The summed E-state index contributed by atoms with van der Waals surface area (Å²) in [6, 6.07) is 5.34. The molecule has 0 spiro atoms. The summed E-state index contributed by atoms with van der Waals surface area (Å²) in [6.45, 7) is 1.83. The maximum atomic E-state index is 7.58. The molecule has 0 bridgehead atoms. The summed E-state index contributed by atoms with van der Waals surface area (Å²) in [5.74, 6) is 0.890. The molecule has 0 amide bonds. The van der Waals surface area contributed by atoms with Gasteiger partial charge in [-0.2, -0.15) is 9.50 Å². The average Bonchev–Trinajstić information content (AvgIpc) is 2.82. The number of rotatable bonds is 2. The van der Waals surface area contributed by atoms with Crippen LogP contribution in [0.4, 0.5) is 0 Å². The van der Waals surface area contributed by atoms with Gasteiger partial charge in [0.15, 0.2) is 5.82 Å². The summed E-state index contributed by atoms with van der Waals surface area (Å²) in [7, 11) is 0. The molecule has 3 heterocycles. The first kappa shape index (κ1) is 11.3. The second-order valence-electron chi connectivity index (χ2n) is 4.08. The van der Waals surface area contributed by atoms with E-state index in [9.17, 15) is 0 Å². The van der Waals surface area contributed by atoms with Gasteiger partial charge in [0.25, 0.3) is 5.78 Å². The number of fused-ring (bicyclic) bond motifs is 1. The molecule has 0 aromatic carbocycles. The number of pyridine rings is 1. The van der Waals surface area contributed by atoms with Gasteiger partial charge in [0.05, 0.1) is 0 Å². The van der Waals surface area contributed by atoms with Crippen LogP contribution >= 0.6 is 0 Å². The highest BCUT2D eigenvalue weighted by Gasteiger charge is 2.12. The minimum atomic E-state index is -0.0679. The zero-order valence-corrected chi connectivity index (χ0v) is 10.2. The van der Waals surface area contributed by atoms with Crippen LogP contribution in [0.1, 0.15) is 11.4 Å². The van der Waals surface area contributed by atoms with Crippen LogP contribution in [-0.4, -0.2) is 30.4 Å². The molecule has 0 saturated carbocycles. The molecule has 0 aliphatic carbocycles. The Morgan fingerprint density at radius 2 is 2.00 bits per heavy atom. The minimum absolute atomic E-state index is 0.0679. The van der Waals surface area contributed by atoms with E-state index in [1.807, 2.05) is 19.1 Å². The van der Waals surface area contributed by atoms with Crippen molar-refractivity contribution in [3.8, 4) is 11.4 Å². The first-order valence-electron chi connectivity index (χ1n) is 5.64. The van der Waals surface area contributed by atoms with Crippen molar-refractivity contribution in [3.05, 3.63) is 42.0 Å². The van der Waals surface area contributed by atoms with Gasteiger partial charge in [0, 0.05) is 23.7 Å². The molecule has 0 aliphatic rings. The fourth-order valence-electron chi connectivity index (χ4n) is 1.80. The monoisotopic (exact) mass is 253 g/mol. The first-order chi connectivity index (χ1) is 9.15. The van der Waals surface area contributed by atoms with Gasteiger partial charge >= 0.3 is 0 Å². The fourth-order valence-corrected chi connectivity index (χ4v) is 1.80. The van der Waals surface area contributed by atoms with E-state index in [0.29, 0.717) is 17.3 Å². The number of nitrogens with zero attached hydrogens (tertiary/aromatic N) is 5.